The Kier molecular flexibility index (Phi) is 5.01. The summed E-state index contributed by atoms with van der Waals surface area (Å²) in [5.41, 5.74) is 1.43. The lowest BCUT2D eigenvalue weighted by Crippen LogP contribution is -2.21. The highest BCUT2D eigenvalue weighted by Gasteiger charge is 2.31. The third-order valence-electron chi connectivity index (χ3n) is 3.35. The number of carbonyl (C=O) groups excluding carboxylic acids is 2. The molecule has 0 saturated heterocycles. The van der Waals surface area contributed by atoms with Gasteiger partial charge in [0.1, 0.15) is 16.0 Å². The molecule has 7 heteroatoms. The number of thioether (sulfide) groups is 1. The van der Waals surface area contributed by atoms with E-state index in [4.69, 9.17) is 0 Å². The molecule has 0 bridgehead atoms. The number of halogens is 1. The largest absolute Gasteiger partial charge is 0.508 e. The molecule has 3 rings (SSSR count). The van der Waals surface area contributed by atoms with Crippen molar-refractivity contribution in [2.45, 2.75) is 11.7 Å². The van der Waals surface area contributed by atoms with Crippen LogP contribution >= 0.6 is 27.7 Å². The smallest absolute Gasteiger partial charge is 0.260 e. The van der Waals surface area contributed by atoms with E-state index in [1.165, 1.54) is 23.9 Å². The number of nitrogens with one attached hydrogen (secondary N) is 1. The molecule has 0 spiro atoms. The summed E-state index contributed by atoms with van der Waals surface area (Å²) in [5, 5.41) is 12.1. The van der Waals surface area contributed by atoms with Crippen molar-refractivity contribution < 1.29 is 14.7 Å². The molecule has 122 valence electrons. The summed E-state index contributed by atoms with van der Waals surface area (Å²) < 4.78 is 0.925. The number of anilines is 1. The van der Waals surface area contributed by atoms with E-state index >= 15 is 0 Å². The van der Waals surface area contributed by atoms with Gasteiger partial charge in [-0.3, -0.25) is 9.59 Å². The maximum absolute atomic E-state index is 12.1. The van der Waals surface area contributed by atoms with E-state index in [0.717, 1.165) is 10.0 Å². The summed E-state index contributed by atoms with van der Waals surface area (Å²) in [6.45, 7) is 0. The first kappa shape index (κ1) is 16.7. The lowest BCUT2D eigenvalue weighted by atomic mass is 10.2. The number of hydrogen-bond acceptors (Lipinski definition) is 4. The molecule has 0 unspecified atom stereocenters. The summed E-state index contributed by atoms with van der Waals surface area (Å²) >= 11 is 4.60. The zero-order chi connectivity index (χ0) is 17.1. The van der Waals surface area contributed by atoms with Gasteiger partial charge < -0.3 is 10.4 Å². The Labute approximate surface area is 151 Å². The van der Waals surface area contributed by atoms with Crippen LogP contribution in [0.25, 0.3) is 0 Å². The summed E-state index contributed by atoms with van der Waals surface area (Å²) in [6.07, 6.45) is 0.0602. The number of aromatic hydroxyl groups is 1. The third kappa shape index (κ3) is 4.04. The molecule has 0 aromatic heterocycles. The molecule has 5 nitrogen and oxygen atoms in total. The summed E-state index contributed by atoms with van der Waals surface area (Å²) in [6, 6.07) is 13.7. The van der Waals surface area contributed by atoms with E-state index in [1.54, 1.807) is 24.3 Å². The second kappa shape index (κ2) is 7.19. The molecule has 0 radical (unpaired) electrons. The fourth-order valence-corrected chi connectivity index (χ4v) is 3.50. The van der Waals surface area contributed by atoms with E-state index in [1.807, 2.05) is 12.1 Å². The molecule has 1 aliphatic rings. The molecule has 2 aromatic carbocycles. The molecule has 2 N–H and O–H groups in total. The molecule has 0 aliphatic carbocycles. The summed E-state index contributed by atoms with van der Waals surface area (Å²) in [5.74, 6) is -0.390. The minimum absolute atomic E-state index is 0.0602. The van der Waals surface area contributed by atoms with E-state index in [9.17, 15) is 14.7 Å². The minimum Gasteiger partial charge on any atom is -0.508 e. The van der Waals surface area contributed by atoms with Crippen LogP contribution < -0.4 is 5.32 Å². The van der Waals surface area contributed by atoms with Crippen LogP contribution in [0.3, 0.4) is 0 Å². The van der Waals surface area contributed by atoms with Gasteiger partial charge in [-0.15, -0.1) is 0 Å². The Bertz CT molecular complexity index is 804. The normalized spacial score (nSPS) is 16.8. The van der Waals surface area contributed by atoms with Gasteiger partial charge in [-0.2, -0.15) is 0 Å². The number of aliphatic imine (C=N–C) groups is 1. The van der Waals surface area contributed by atoms with Crippen LogP contribution in [-0.2, 0) is 9.59 Å². The van der Waals surface area contributed by atoms with Crippen molar-refractivity contribution in [2.75, 3.05) is 5.32 Å². The molecule has 0 fully saturated rings. The second-order valence-electron chi connectivity index (χ2n) is 5.17. The Hall–Kier alpha value is -2.12. The van der Waals surface area contributed by atoms with Crippen molar-refractivity contribution in [2.24, 2.45) is 4.99 Å². The molecular formula is C17H13BrN2O3S. The van der Waals surface area contributed by atoms with E-state index in [-0.39, 0.29) is 24.0 Å². The van der Waals surface area contributed by atoms with Crippen molar-refractivity contribution in [1.29, 1.82) is 0 Å². The molecule has 2 amide bonds. The standard InChI is InChI=1S/C17H13BrN2O3S/c18-11-3-5-12(6-4-11)19-15(22)9-14-16(23)20-17(24-14)10-1-7-13(21)8-2-10/h1-8,14,21H,9H2,(H,19,22)/t14-/m1/s1. The van der Waals surface area contributed by atoms with Crippen LogP contribution in [0.2, 0.25) is 0 Å². The van der Waals surface area contributed by atoms with Gasteiger partial charge in [0.05, 0.1) is 0 Å². The van der Waals surface area contributed by atoms with Crippen LogP contribution in [-0.4, -0.2) is 27.2 Å². The van der Waals surface area contributed by atoms with Crippen molar-refractivity contribution in [3.63, 3.8) is 0 Å². The van der Waals surface area contributed by atoms with Crippen LogP contribution in [0.1, 0.15) is 12.0 Å². The predicted molar refractivity (Wildman–Crippen MR) is 98.4 cm³/mol. The molecule has 1 aliphatic heterocycles. The van der Waals surface area contributed by atoms with Crippen molar-refractivity contribution in [1.82, 2.24) is 0 Å². The number of amides is 2. The highest BCUT2D eigenvalue weighted by atomic mass is 79.9. The highest BCUT2D eigenvalue weighted by molar-refractivity contribution is 9.10. The number of benzene rings is 2. The van der Waals surface area contributed by atoms with Gasteiger partial charge in [-0.1, -0.05) is 27.7 Å². The Morgan fingerprint density at radius 3 is 2.50 bits per heavy atom. The number of carbonyl (C=O) groups is 2. The predicted octanol–water partition coefficient (Wildman–Crippen LogP) is 3.57. The average Bonchev–Trinajstić information content (AvgIpc) is 2.91. The first-order valence-corrected chi connectivity index (χ1v) is 8.82. The Morgan fingerprint density at radius 2 is 1.83 bits per heavy atom. The molecule has 0 saturated carbocycles. The van der Waals surface area contributed by atoms with Crippen molar-refractivity contribution in [3.8, 4) is 5.75 Å². The van der Waals surface area contributed by atoms with E-state index in [0.29, 0.717) is 10.7 Å². The Balaban J connectivity index is 1.60. The summed E-state index contributed by atoms with van der Waals surface area (Å²) in [7, 11) is 0. The van der Waals surface area contributed by atoms with Gasteiger partial charge >= 0.3 is 0 Å². The molecular weight excluding hydrogens is 392 g/mol. The fraction of sp³-hybridized carbons (Fsp3) is 0.118. The van der Waals surface area contributed by atoms with Gasteiger partial charge in [0.15, 0.2) is 0 Å². The lowest BCUT2D eigenvalue weighted by Gasteiger charge is -2.08. The third-order valence-corrected chi connectivity index (χ3v) is 5.09. The van der Waals surface area contributed by atoms with Gasteiger partial charge in [-0.05, 0) is 48.5 Å². The number of phenols is 1. The number of hydrogen-bond donors (Lipinski definition) is 2. The second-order valence-corrected chi connectivity index (χ2v) is 7.27. The van der Waals surface area contributed by atoms with Crippen LogP contribution in [0.5, 0.6) is 5.75 Å². The average molecular weight is 405 g/mol. The zero-order valence-electron chi connectivity index (χ0n) is 12.4. The molecule has 1 atom stereocenters. The quantitative estimate of drug-likeness (QED) is 0.815. The summed E-state index contributed by atoms with van der Waals surface area (Å²) in [4.78, 5) is 28.1. The first-order chi connectivity index (χ1) is 11.5. The topological polar surface area (TPSA) is 78.8 Å². The Morgan fingerprint density at radius 1 is 1.17 bits per heavy atom. The number of nitrogens with zero attached hydrogens (tertiary/aromatic N) is 1. The van der Waals surface area contributed by atoms with E-state index in [2.05, 4.69) is 26.2 Å². The van der Waals surface area contributed by atoms with Gasteiger partial charge in [-0.25, -0.2) is 4.99 Å². The molecule has 2 aromatic rings. The molecule has 1 heterocycles. The van der Waals surface area contributed by atoms with E-state index < -0.39 is 5.25 Å². The molecule has 24 heavy (non-hydrogen) atoms. The van der Waals surface area contributed by atoms with Gasteiger partial charge in [0, 0.05) is 22.1 Å². The monoisotopic (exact) mass is 404 g/mol. The maximum Gasteiger partial charge on any atom is 0.260 e. The SMILES string of the molecule is O=C(C[C@H]1SC(c2ccc(O)cc2)=NC1=O)Nc1ccc(Br)cc1. The van der Waals surface area contributed by atoms with Crippen LogP contribution in [0, 0.1) is 0 Å². The fourth-order valence-electron chi connectivity index (χ4n) is 2.16. The first-order valence-electron chi connectivity index (χ1n) is 7.15. The number of rotatable bonds is 4. The van der Waals surface area contributed by atoms with Crippen molar-refractivity contribution >= 4 is 50.2 Å². The lowest BCUT2D eigenvalue weighted by molar-refractivity contribution is -0.121. The van der Waals surface area contributed by atoms with Gasteiger partial charge in [0.2, 0.25) is 5.91 Å². The highest BCUT2D eigenvalue weighted by Crippen LogP contribution is 2.30. The number of phenolic OH excluding ortho intramolecular Hbond substituents is 1. The minimum atomic E-state index is -0.524. The zero-order valence-corrected chi connectivity index (χ0v) is 14.8. The van der Waals surface area contributed by atoms with Gasteiger partial charge in [0.25, 0.3) is 5.91 Å². The maximum atomic E-state index is 12.1. The van der Waals surface area contributed by atoms with Crippen molar-refractivity contribution in [3.05, 3.63) is 58.6 Å². The van der Waals surface area contributed by atoms with Crippen LogP contribution in [0.4, 0.5) is 5.69 Å². The van der Waals surface area contributed by atoms with Crippen LogP contribution in [0.15, 0.2) is 58.0 Å².